The summed E-state index contributed by atoms with van der Waals surface area (Å²) >= 11 is 0. The normalized spacial score (nSPS) is 18.2. The number of hydrogen-bond donors (Lipinski definition) is 0. The Morgan fingerprint density at radius 2 is 1.79 bits per heavy atom. The molecule has 0 bridgehead atoms. The van der Waals surface area contributed by atoms with Crippen molar-refractivity contribution in [2.75, 3.05) is 26.2 Å². The van der Waals surface area contributed by atoms with E-state index in [1.54, 1.807) is 0 Å². The Morgan fingerprint density at radius 1 is 1.03 bits per heavy atom. The standard InChI is InChI=1S/C24H28N4O/c1-2-26-17-22(24(29)28-15-13-27(14-16-28)19-9-6-10-19)25-23(26)21-12-5-8-18-7-3-4-11-20(18)21/h3-5,7-8,11-12,17,19H,2,6,9-10,13-16H2,1H3. The van der Waals surface area contributed by atoms with Gasteiger partial charge in [-0.05, 0) is 30.5 Å². The van der Waals surface area contributed by atoms with Gasteiger partial charge in [0.1, 0.15) is 11.5 Å². The first-order chi connectivity index (χ1) is 14.2. The van der Waals surface area contributed by atoms with E-state index >= 15 is 0 Å². The number of amides is 1. The molecule has 1 aromatic heterocycles. The Hall–Kier alpha value is -2.66. The molecule has 1 aliphatic carbocycles. The maximum atomic E-state index is 13.2. The van der Waals surface area contributed by atoms with Crippen molar-refractivity contribution in [3.05, 3.63) is 54.4 Å². The third-order valence-corrected chi connectivity index (χ3v) is 6.56. The smallest absolute Gasteiger partial charge is 0.274 e. The fourth-order valence-corrected chi connectivity index (χ4v) is 4.60. The van der Waals surface area contributed by atoms with Crippen molar-refractivity contribution in [2.24, 2.45) is 0 Å². The topological polar surface area (TPSA) is 41.4 Å². The van der Waals surface area contributed by atoms with Gasteiger partial charge in [-0.25, -0.2) is 4.98 Å². The van der Waals surface area contributed by atoms with Crippen molar-refractivity contribution in [1.82, 2.24) is 19.4 Å². The average Bonchev–Trinajstić information content (AvgIpc) is 3.16. The van der Waals surface area contributed by atoms with Crippen molar-refractivity contribution < 1.29 is 4.79 Å². The first-order valence-corrected chi connectivity index (χ1v) is 10.8. The molecule has 2 aliphatic rings. The van der Waals surface area contributed by atoms with Gasteiger partial charge < -0.3 is 9.47 Å². The molecule has 0 unspecified atom stereocenters. The van der Waals surface area contributed by atoms with Crippen LogP contribution in [0.1, 0.15) is 36.7 Å². The van der Waals surface area contributed by atoms with Gasteiger partial charge in [0.2, 0.25) is 0 Å². The maximum absolute atomic E-state index is 13.2. The molecule has 1 aliphatic heterocycles. The van der Waals surface area contributed by atoms with Crippen molar-refractivity contribution in [3.8, 4) is 11.4 Å². The van der Waals surface area contributed by atoms with Gasteiger partial charge in [0, 0.05) is 50.5 Å². The summed E-state index contributed by atoms with van der Waals surface area (Å²) in [7, 11) is 0. The largest absolute Gasteiger partial charge is 0.335 e. The number of piperazine rings is 1. The van der Waals surface area contributed by atoms with Gasteiger partial charge >= 0.3 is 0 Å². The molecule has 5 rings (SSSR count). The van der Waals surface area contributed by atoms with Crippen LogP contribution < -0.4 is 0 Å². The van der Waals surface area contributed by atoms with Crippen LogP contribution in [0.25, 0.3) is 22.2 Å². The van der Waals surface area contributed by atoms with Crippen LogP contribution in [-0.4, -0.2) is 57.5 Å². The van der Waals surface area contributed by atoms with E-state index in [9.17, 15) is 4.79 Å². The zero-order valence-corrected chi connectivity index (χ0v) is 17.1. The number of rotatable bonds is 4. The van der Waals surface area contributed by atoms with E-state index in [0.717, 1.165) is 50.2 Å². The van der Waals surface area contributed by atoms with E-state index in [-0.39, 0.29) is 5.91 Å². The Balaban J connectivity index is 1.41. The summed E-state index contributed by atoms with van der Waals surface area (Å²) in [6, 6.07) is 15.4. The van der Waals surface area contributed by atoms with Crippen molar-refractivity contribution in [1.29, 1.82) is 0 Å². The van der Waals surface area contributed by atoms with E-state index in [1.807, 2.05) is 11.1 Å². The molecule has 5 heteroatoms. The SMILES string of the molecule is CCn1cc(C(=O)N2CCN(C3CCC3)CC2)nc1-c1cccc2ccccc12. The molecule has 3 aromatic rings. The molecule has 1 saturated carbocycles. The fraction of sp³-hybridized carbons (Fsp3) is 0.417. The lowest BCUT2D eigenvalue weighted by Crippen LogP contribution is -2.53. The van der Waals surface area contributed by atoms with E-state index < -0.39 is 0 Å². The van der Waals surface area contributed by atoms with Crippen LogP contribution in [0, 0.1) is 0 Å². The maximum Gasteiger partial charge on any atom is 0.274 e. The molecule has 2 fully saturated rings. The predicted molar refractivity (Wildman–Crippen MR) is 116 cm³/mol. The number of benzene rings is 2. The summed E-state index contributed by atoms with van der Waals surface area (Å²) < 4.78 is 2.10. The van der Waals surface area contributed by atoms with E-state index in [2.05, 4.69) is 58.9 Å². The monoisotopic (exact) mass is 388 g/mol. The minimum absolute atomic E-state index is 0.0620. The second kappa shape index (κ2) is 7.64. The number of aryl methyl sites for hydroxylation is 1. The highest BCUT2D eigenvalue weighted by Gasteiger charge is 2.30. The van der Waals surface area contributed by atoms with Crippen LogP contribution in [0.3, 0.4) is 0 Å². The molecule has 5 nitrogen and oxygen atoms in total. The Labute approximate surface area is 171 Å². The quantitative estimate of drug-likeness (QED) is 0.677. The first kappa shape index (κ1) is 18.4. The highest BCUT2D eigenvalue weighted by atomic mass is 16.2. The predicted octanol–water partition coefficient (Wildman–Crippen LogP) is 4.03. The summed E-state index contributed by atoms with van der Waals surface area (Å²) in [5.74, 6) is 0.938. The van der Waals surface area contributed by atoms with Crippen molar-refractivity contribution in [3.63, 3.8) is 0 Å². The first-order valence-electron chi connectivity index (χ1n) is 10.8. The summed E-state index contributed by atoms with van der Waals surface area (Å²) in [4.78, 5) is 22.5. The Morgan fingerprint density at radius 3 is 2.52 bits per heavy atom. The molecule has 0 atom stereocenters. The third-order valence-electron chi connectivity index (χ3n) is 6.56. The summed E-state index contributed by atoms with van der Waals surface area (Å²) in [6.07, 6.45) is 5.93. The van der Waals surface area contributed by atoms with Crippen LogP contribution in [-0.2, 0) is 6.54 Å². The van der Waals surface area contributed by atoms with E-state index in [0.29, 0.717) is 5.69 Å². The number of imidazole rings is 1. The van der Waals surface area contributed by atoms with Gasteiger partial charge in [-0.1, -0.05) is 48.9 Å². The van der Waals surface area contributed by atoms with E-state index in [4.69, 9.17) is 4.98 Å². The van der Waals surface area contributed by atoms with Crippen LogP contribution >= 0.6 is 0 Å². The second-order valence-corrected chi connectivity index (χ2v) is 8.18. The molecule has 150 valence electrons. The molecule has 2 aromatic carbocycles. The third kappa shape index (κ3) is 3.33. The summed E-state index contributed by atoms with van der Waals surface area (Å²) in [5.41, 5.74) is 1.64. The van der Waals surface area contributed by atoms with Gasteiger partial charge in [0.15, 0.2) is 0 Å². The highest BCUT2D eigenvalue weighted by molar-refractivity contribution is 5.97. The van der Waals surface area contributed by atoms with Gasteiger partial charge in [-0.3, -0.25) is 9.69 Å². The fourth-order valence-electron chi connectivity index (χ4n) is 4.60. The molecule has 1 amide bonds. The second-order valence-electron chi connectivity index (χ2n) is 8.18. The Kier molecular flexibility index (Phi) is 4.84. The number of nitrogens with zero attached hydrogens (tertiary/aromatic N) is 4. The molecule has 0 N–H and O–H groups in total. The van der Waals surface area contributed by atoms with Crippen molar-refractivity contribution in [2.45, 2.75) is 38.8 Å². The summed E-state index contributed by atoms with van der Waals surface area (Å²) in [6.45, 7) is 6.47. The zero-order chi connectivity index (χ0) is 19.8. The van der Waals surface area contributed by atoms with Gasteiger partial charge in [-0.15, -0.1) is 0 Å². The molecule has 0 radical (unpaired) electrons. The number of fused-ring (bicyclic) bond motifs is 1. The lowest BCUT2D eigenvalue weighted by molar-refractivity contribution is 0.0451. The molecule has 29 heavy (non-hydrogen) atoms. The van der Waals surface area contributed by atoms with Crippen LogP contribution in [0.2, 0.25) is 0 Å². The molecule has 1 saturated heterocycles. The number of carbonyl (C=O) groups excluding carboxylic acids is 1. The lowest BCUT2D eigenvalue weighted by Gasteiger charge is -2.42. The van der Waals surface area contributed by atoms with E-state index in [1.165, 1.54) is 30.0 Å². The van der Waals surface area contributed by atoms with Crippen LogP contribution in [0.4, 0.5) is 0 Å². The average molecular weight is 389 g/mol. The molecular formula is C24H28N4O. The minimum Gasteiger partial charge on any atom is -0.335 e. The number of hydrogen-bond acceptors (Lipinski definition) is 3. The molecular weight excluding hydrogens is 360 g/mol. The van der Waals surface area contributed by atoms with Crippen LogP contribution in [0.5, 0.6) is 0 Å². The highest BCUT2D eigenvalue weighted by Crippen LogP contribution is 2.29. The minimum atomic E-state index is 0.0620. The van der Waals surface area contributed by atoms with Gasteiger partial charge in [0.25, 0.3) is 5.91 Å². The molecule has 0 spiro atoms. The lowest BCUT2D eigenvalue weighted by atomic mass is 9.91. The van der Waals surface area contributed by atoms with Crippen molar-refractivity contribution >= 4 is 16.7 Å². The summed E-state index contributed by atoms with van der Waals surface area (Å²) in [5, 5.41) is 2.36. The van der Waals surface area contributed by atoms with Crippen LogP contribution in [0.15, 0.2) is 48.7 Å². The number of carbonyl (C=O) groups is 1. The zero-order valence-electron chi connectivity index (χ0n) is 17.1. The van der Waals surface area contributed by atoms with Gasteiger partial charge in [-0.2, -0.15) is 0 Å². The van der Waals surface area contributed by atoms with Gasteiger partial charge in [0.05, 0.1) is 0 Å². The number of aromatic nitrogens is 2. The Bertz CT molecular complexity index is 1020. The molecule has 2 heterocycles.